The summed E-state index contributed by atoms with van der Waals surface area (Å²) in [5.41, 5.74) is 14.0. The van der Waals surface area contributed by atoms with Crippen molar-refractivity contribution in [2.75, 3.05) is 0 Å². The highest BCUT2D eigenvalue weighted by atomic mass is 15.2. The highest BCUT2D eigenvalue weighted by Gasteiger charge is 2.51. The minimum absolute atomic E-state index is 0.451. The van der Waals surface area contributed by atoms with Gasteiger partial charge in [-0.3, -0.25) is 0 Å². The molecule has 1 aliphatic heterocycles. The molecule has 0 radical (unpaired) electrons. The van der Waals surface area contributed by atoms with E-state index in [9.17, 15) is 0 Å². The minimum Gasteiger partial charge on any atom is -0.324 e. The summed E-state index contributed by atoms with van der Waals surface area (Å²) in [4.78, 5) is 10.9. The molecule has 4 heteroatoms. The molecule has 3 aliphatic rings. The third-order valence-corrected chi connectivity index (χ3v) is 12.8. The fourth-order valence-electron chi connectivity index (χ4n) is 10.5. The van der Waals surface area contributed by atoms with Crippen LogP contribution in [0.15, 0.2) is 204 Å². The highest BCUT2D eigenvalue weighted by molar-refractivity contribution is 6.21. The predicted octanol–water partition coefficient (Wildman–Crippen LogP) is 12.3. The van der Waals surface area contributed by atoms with Crippen molar-refractivity contribution < 1.29 is 0 Å². The van der Waals surface area contributed by atoms with E-state index in [2.05, 4.69) is 204 Å². The maximum absolute atomic E-state index is 5.54. The van der Waals surface area contributed by atoms with E-state index in [0.717, 1.165) is 39.6 Å². The zero-order valence-electron chi connectivity index (χ0n) is 31.4. The number of para-hydroxylation sites is 2. The number of amidine groups is 2. The van der Waals surface area contributed by atoms with Gasteiger partial charge in [0, 0.05) is 27.6 Å². The molecular weight excluding hydrogens is 705 g/mol. The Morgan fingerprint density at radius 1 is 0.448 bits per heavy atom. The second kappa shape index (κ2) is 11.7. The Bertz CT molecular complexity index is 3370. The van der Waals surface area contributed by atoms with E-state index < -0.39 is 11.6 Å². The van der Waals surface area contributed by atoms with E-state index in [1.165, 1.54) is 71.2 Å². The monoisotopic (exact) mass is 738 g/mol. The Labute approximate surface area is 335 Å². The van der Waals surface area contributed by atoms with Crippen molar-refractivity contribution in [2.45, 2.75) is 11.6 Å². The second-order valence-electron chi connectivity index (χ2n) is 15.7. The van der Waals surface area contributed by atoms with E-state index in [-0.39, 0.29) is 0 Å². The molecule has 0 fully saturated rings. The third kappa shape index (κ3) is 4.13. The Balaban J connectivity index is 1.04. The molecule has 1 aromatic heterocycles. The van der Waals surface area contributed by atoms with Gasteiger partial charge < -0.3 is 9.88 Å². The molecule has 9 aromatic carbocycles. The highest BCUT2D eigenvalue weighted by Crippen LogP contribution is 2.62. The Hall–Kier alpha value is -7.56. The summed E-state index contributed by atoms with van der Waals surface area (Å²) in [5.74, 6) is 1.63. The zero-order valence-corrected chi connectivity index (χ0v) is 31.4. The van der Waals surface area contributed by atoms with Crippen LogP contribution in [0.1, 0.15) is 45.1 Å². The lowest BCUT2D eigenvalue weighted by Crippen LogP contribution is -2.36. The van der Waals surface area contributed by atoms with Crippen LogP contribution in [-0.2, 0) is 5.41 Å². The average Bonchev–Trinajstić information content (AvgIpc) is 3.91. The molecule has 1 unspecified atom stereocenters. The molecule has 0 bridgehead atoms. The molecule has 0 amide bonds. The lowest BCUT2D eigenvalue weighted by Gasteiger charge is -2.31. The van der Waals surface area contributed by atoms with Gasteiger partial charge in [0.15, 0.2) is 6.17 Å². The Morgan fingerprint density at radius 3 is 1.84 bits per heavy atom. The van der Waals surface area contributed by atoms with Crippen molar-refractivity contribution >= 4 is 55.0 Å². The number of hydrogen-bond acceptors (Lipinski definition) is 3. The number of rotatable bonds is 4. The number of aliphatic imine (C=N–C) groups is 2. The lowest BCUT2D eigenvalue weighted by molar-refractivity contribution is 0.757. The summed E-state index contributed by atoms with van der Waals surface area (Å²) in [7, 11) is 0. The molecule has 2 heterocycles. The van der Waals surface area contributed by atoms with Crippen LogP contribution < -0.4 is 5.32 Å². The smallest absolute Gasteiger partial charge is 0.169 e. The molecule has 0 saturated heterocycles. The maximum atomic E-state index is 5.54. The van der Waals surface area contributed by atoms with Gasteiger partial charge in [-0.15, -0.1) is 0 Å². The molecule has 10 aromatic rings. The molecule has 270 valence electrons. The van der Waals surface area contributed by atoms with E-state index in [4.69, 9.17) is 9.98 Å². The zero-order chi connectivity index (χ0) is 38.0. The molecule has 13 rings (SSSR count). The number of nitrogens with one attached hydrogen (secondary N) is 1. The summed E-state index contributed by atoms with van der Waals surface area (Å²) in [6, 6.07) is 70.6. The first-order valence-electron chi connectivity index (χ1n) is 20.0. The van der Waals surface area contributed by atoms with Gasteiger partial charge in [-0.2, -0.15) is 0 Å². The molecule has 1 atom stereocenters. The second-order valence-corrected chi connectivity index (χ2v) is 15.7. The van der Waals surface area contributed by atoms with Gasteiger partial charge in [-0.25, -0.2) is 9.98 Å². The lowest BCUT2D eigenvalue weighted by atomic mass is 9.70. The summed E-state index contributed by atoms with van der Waals surface area (Å²) >= 11 is 0. The topological polar surface area (TPSA) is 41.7 Å². The van der Waals surface area contributed by atoms with Crippen molar-refractivity contribution in [2.24, 2.45) is 9.98 Å². The SMILES string of the molecule is c1ccc(C2=NC(c3ccc4c(c3)c3ccccc3n4-c3ccccc3)N=C(c3cccc4c3-c3ccccc3C43c4cccc5ccc6cccc3c6c45)N2)cc1. The van der Waals surface area contributed by atoms with Crippen LogP contribution in [0.4, 0.5) is 0 Å². The van der Waals surface area contributed by atoms with Crippen LogP contribution in [0.25, 0.3) is 60.2 Å². The van der Waals surface area contributed by atoms with E-state index in [0.29, 0.717) is 0 Å². The van der Waals surface area contributed by atoms with Crippen LogP contribution in [0.2, 0.25) is 0 Å². The van der Waals surface area contributed by atoms with Crippen LogP contribution in [0, 0.1) is 0 Å². The number of hydrogen-bond donors (Lipinski definition) is 1. The maximum Gasteiger partial charge on any atom is 0.169 e. The van der Waals surface area contributed by atoms with Gasteiger partial charge in [-0.05, 0) is 90.8 Å². The van der Waals surface area contributed by atoms with Crippen molar-refractivity contribution in [3.8, 4) is 16.8 Å². The summed E-state index contributed by atoms with van der Waals surface area (Å²) in [5, 5.41) is 11.4. The van der Waals surface area contributed by atoms with Gasteiger partial charge in [0.2, 0.25) is 0 Å². The van der Waals surface area contributed by atoms with Crippen LogP contribution >= 0.6 is 0 Å². The van der Waals surface area contributed by atoms with Gasteiger partial charge in [0.1, 0.15) is 11.7 Å². The van der Waals surface area contributed by atoms with Crippen LogP contribution in [0.3, 0.4) is 0 Å². The van der Waals surface area contributed by atoms with Gasteiger partial charge >= 0.3 is 0 Å². The molecule has 0 saturated carbocycles. The van der Waals surface area contributed by atoms with Crippen LogP contribution in [-0.4, -0.2) is 16.2 Å². The van der Waals surface area contributed by atoms with Gasteiger partial charge in [0.05, 0.1) is 16.4 Å². The van der Waals surface area contributed by atoms with Crippen LogP contribution in [0.5, 0.6) is 0 Å². The van der Waals surface area contributed by atoms with E-state index in [1.54, 1.807) is 0 Å². The van der Waals surface area contributed by atoms with Crippen molar-refractivity contribution in [3.63, 3.8) is 0 Å². The van der Waals surface area contributed by atoms with Crippen molar-refractivity contribution in [1.82, 2.24) is 9.88 Å². The number of nitrogens with zero attached hydrogens (tertiary/aromatic N) is 3. The predicted molar refractivity (Wildman–Crippen MR) is 238 cm³/mol. The molecule has 1 spiro atoms. The quantitative estimate of drug-likeness (QED) is 0.180. The Morgan fingerprint density at radius 2 is 1.05 bits per heavy atom. The fourth-order valence-corrected chi connectivity index (χ4v) is 10.5. The van der Waals surface area contributed by atoms with Crippen molar-refractivity contribution in [3.05, 3.63) is 233 Å². The molecule has 4 nitrogen and oxygen atoms in total. The molecule has 58 heavy (non-hydrogen) atoms. The average molecular weight is 739 g/mol. The summed E-state index contributed by atoms with van der Waals surface area (Å²) in [6.07, 6.45) is -0.464. The molecule has 1 N–H and O–H groups in total. The molecule has 2 aliphatic carbocycles. The first-order valence-corrected chi connectivity index (χ1v) is 20.0. The Kier molecular flexibility index (Phi) is 6.40. The van der Waals surface area contributed by atoms with Gasteiger partial charge in [-0.1, -0.05) is 164 Å². The minimum atomic E-state index is -0.464. The number of fused-ring (bicyclic) bond motifs is 10. The summed E-state index contributed by atoms with van der Waals surface area (Å²) < 4.78 is 2.35. The summed E-state index contributed by atoms with van der Waals surface area (Å²) in [6.45, 7) is 0. The normalized spacial score (nSPS) is 15.9. The first-order chi connectivity index (χ1) is 28.8. The van der Waals surface area contributed by atoms with E-state index >= 15 is 0 Å². The number of benzene rings is 9. The largest absolute Gasteiger partial charge is 0.324 e. The fraction of sp³-hybridized carbons (Fsp3) is 0.0370. The van der Waals surface area contributed by atoms with E-state index in [1.807, 2.05) is 0 Å². The van der Waals surface area contributed by atoms with Gasteiger partial charge in [0.25, 0.3) is 0 Å². The standard InChI is InChI=1S/C54H34N4/c1-3-14-35(15-4-1)51-55-52(36-30-31-47-41(32-36)38-20-8-10-27-46(38)58(47)37-18-5-2-6-19-37)57-53(56-51)40-22-13-26-45-50(40)39-21-7-9-23-42(39)54(45)43-24-11-16-33-28-29-34-17-12-25-44(54)49(34)48(33)43/h1-32,52H,(H,55,56,57). The first kappa shape index (κ1) is 31.6. The molecular formula is C54H34N4. The van der Waals surface area contributed by atoms with Crippen molar-refractivity contribution in [1.29, 1.82) is 0 Å². The third-order valence-electron chi connectivity index (χ3n) is 12.8. The number of aromatic nitrogens is 1.